The molecule has 0 radical (unpaired) electrons. The van der Waals surface area contributed by atoms with Gasteiger partial charge in [-0.05, 0) is 25.3 Å². The van der Waals surface area contributed by atoms with Crippen LogP contribution in [0.5, 0.6) is 0 Å². The number of benzene rings is 1. The van der Waals surface area contributed by atoms with Crippen LogP contribution in [-0.4, -0.2) is 42.1 Å². The van der Waals surface area contributed by atoms with Crippen molar-refractivity contribution in [1.29, 1.82) is 0 Å². The van der Waals surface area contributed by atoms with E-state index in [0.717, 1.165) is 5.56 Å². The fourth-order valence-electron chi connectivity index (χ4n) is 2.77. The zero-order chi connectivity index (χ0) is 15.5. The topological polar surface area (TPSA) is 49.4 Å². The largest absolute Gasteiger partial charge is 0.359 e. The predicted molar refractivity (Wildman–Crippen MR) is 86.3 cm³/mol. The van der Waals surface area contributed by atoms with Crippen LogP contribution in [0.25, 0.3) is 0 Å². The van der Waals surface area contributed by atoms with Gasteiger partial charge < -0.3 is 10.2 Å². The molecule has 5 heteroatoms. The van der Waals surface area contributed by atoms with Gasteiger partial charge in [-0.1, -0.05) is 30.3 Å². The number of nitrogens with zero attached hydrogens (tertiary/aromatic N) is 1. The first-order chi connectivity index (χ1) is 9.96. The molecule has 1 aliphatic rings. The molecule has 21 heavy (non-hydrogen) atoms. The monoisotopic (exact) mass is 306 g/mol. The minimum atomic E-state index is -0.481. The van der Waals surface area contributed by atoms with Crippen molar-refractivity contribution in [3.63, 3.8) is 0 Å². The van der Waals surface area contributed by atoms with Gasteiger partial charge >= 0.3 is 0 Å². The number of hydrogen-bond donors (Lipinski definition) is 2. The van der Waals surface area contributed by atoms with Gasteiger partial charge in [-0.2, -0.15) is 12.6 Å². The number of carbonyl (C=O) groups excluding carboxylic acids is 2. The zero-order valence-corrected chi connectivity index (χ0v) is 13.4. The van der Waals surface area contributed by atoms with Crippen LogP contribution in [-0.2, 0) is 16.0 Å². The minimum absolute atomic E-state index is 0.00317. The lowest BCUT2D eigenvalue weighted by atomic mass is 9.89. The first-order valence-electron chi connectivity index (χ1n) is 7.19. The molecule has 4 nitrogen and oxygen atoms in total. The second kappa shape index (κ2) is 6.52. The van der Waals surface area contributed by atoms with Crippen LogP contribution in [0.2, 0.25) is 0 Å². The van der Waals surface area contributed by atoms with Crippen LogP contribution in [0, 0.1) is 5.41 Å². The van der Waals surface area contributed by atoms with E-state index in [1.54, 1.807) is 11.9 Å². The average molecular weight is 306 g/mol. The third kappa shape index (κ3) is 3.59. The van der Waals surface area contributed by atoms with Gasteiger partial charge in [0.1, 0.15) is 0 Å². The number of hydrogen-bond acceptors (Lipinski definition) is 3. The summed E-state index contributed by atoms with van der Waals surface area (Å²) in [6.07, 6.45) is 1.31. The highest BCUT2D eigenvalue weighted by Gasteiger charge is 2.42. The van der Waals surface area contributed by atoms with Crippen LogP contribution in [0.4, 0.5) is 0 Å². The van der Waals surface area contributed by atoms with Crippen molar-refractivity contribution in [2.75, 3.05) is 20.1 Å². The van der Waals surface area contributed by atoms with E-state index in [0.29, 0.717) is 25.9 Å². The van der Waals surface area contributed by atoms with Crippen LogP contribution in [0.3, 0.4) is 0 Å². The van der Waals surface area contributed by atoms with E-state index < -0.39 is 5.41 Å². The number of amides is 2. The summed E-state index contributed by atoms with van der Waals surface area (Å²) < 4.78 is 0. The van der Waals surface area contributed by atoms with Crippen molar-refractivity contribution in [3.05, 3.63) is 35.9 Å². The van der Waals surface area contributed by atoms with Crippen molar-refractivity contribution in [2.45, 2.75) is 25.0 Å². The smallest absolute Gasteiger partial charge is 0.235 e. The Labute approximate surface area is 131 Å². The van der Waals surface area contributed by atoms with Gasteiger partial charge in [0.05, 0.1) is 10.7 Å². The molecule has 1 fully saturated rings. The standard InChI is InChI=1S/C16H22N2O2S/c1-16(15(20)17-2)8-9-18(11-16)14(19)13(21)10-12-6-4-3-5-7-12/h3-7,13,21H,8-11H2,1-2H3,(H,17,20). The van der Waals surface area contributed by atoms with Gasteiger partial charge in [-0.15, -0.1) is 0 Å². The number of thiol groups is 1. The zero-order valence-electron chi connectivity index (χ0n) is 12.5. The molecule has 0 spiro atoms. The molecule has 0 saturated carbocycles. The predicted octanol–water partition coefficient (Wildman–Crippen LogP) is 1.51. The van der Waals surface area contributed by atoms with Crippen LogP contribution in [0.15, 0.2) is 30.3 Å². The molecule has 114 valence electrons. The molecular weight excluding hydrogens is 284 g/mol. The van der Waals surface area contributed by atoms with Crippen LogP contribution in [0.1, 0.15) is 18.9 Å². The Morgan fingerprint density at radius 2 is 2.05 bits per heavy atom. The lowest BCUT2D eigenvalue weighted by molar-refractivity contribution is -0.132. The minimum Gasteiger partial charge on any atom is -0.359 e. The van der Waals surface area contributed by atoms with Crippen molar-refractivity contribution in [3.8, 4) is 0 Å². The maximum atomic E-state index is 12.5. The van der Waals surface area contributed by atoms with Gasteiger partial charge in [-0.3, -0.25) is 9.59 Å². The molecule has 1 aliphatic heterocycles. The van der Waals surface area contributed by atoms with Gasteiger partial charge in [0.15, 0.2) is 0 Å². The summed E-state index contributed by atoms with van der Waals surface area (Å²) in [5.41, 5.74) is 0.615. The Kier molecular flexibility index (Phi) is 4.93. The Morgan fingerprint density at radius 3 is 2.67 bits per heavy atom. The van der Waals surface area contributed by atoms with Gasteiger partial charge in [-0.25, -0.2) is 0 Å². The van der Waals surface area contributed by atoms with E-state index in [-0.39, 0.29) is 17.1 Å². The molecule has 2 unspecified atom stereocenters. The lowest BCUT2D eigenvalue weighted by Crippen LogP contribution is -2.42. The third-order valence-electron chi connectivity index (χ3n) is 4.12. The molecule has 2 rings (SSSR count). The lowest BCUT2D eigenvalue weighted by Gasteiger charge is -2.24. The molecule has 1 aromatic carbocycles. The molecule has 2 atom stereocenters. The number of carbonyl (C=O) groups is 2. The second-order valence-electron chi connectivity index (χ2n) is 5.86. The van der Waals surface area contributed by atoms with E-state index in [9.17, 15) is 9.59 Å². The summed E-state index contributed by atoms with van der Waals surface area (Å²) in [6.45, 7) is 3.00. The quantitative estimate of drug-likeness (QED) is 0.829. The molecule has 1 saturated heterocycles. The van der Waals surface area contributed by atoms with Crippen molar-refractivity contribution < 1.29 is 9.59 Å². The van der Waals surface area contributed by atoms with E-state index >= 15 is 0 Å². The summed E-state index contributed by atoms with van der Waals surface area (Å²) in [5.74, 6) is 0.00591. The highest BCUT2D eigenvalue weighted by Crippen LogP contribution is 2.31. The summed E-state index contributed by atoms with van der Waals surface area (Å²) in [4.78, 5) is 26.1. The van der Waals surface area contributed by atoms with Crippen molar-refractivity contribution in [1.82, 2.24) is 10.2 Å². The highest BCUT2D eigenvalue weighted by atomic mass is 32.1. The summed E-state index contributed by atoms with van der Waals surface area (Å²) in [6, 6.07) is 9.86. The van der Waals surface area contributed by atoms with Gasteiger partial charge in [0, 0.05) is 20.1 Å². The molecule has 1 heterocycles. The molecule has 0 aliphatic carbocycles. The first kappa shape index (κ1) is 15.9. The third-order valence-corrected chi connectivity index (χ3v) is 4.52. The fourth-order valence-corrected chi connectivity index (χ4v) is 3.15. The summed E-state index contributed by atoms with van der Waals surface area (Å²) in [5, 5.41) is 2.32. The Bertz CT molecular complexity index is 520. The average Bonchev–Trinajstić information content (AvgIpc) is 2.90. The molecular formula is C16H22N2O2S. The Hall–Kier alpha value is -1.49. The van der Waals surface area contributed by atoms with E-state index in [1.165, 1.54) is 0 Å². The normalized spacial score (nSPS) is 22.9. The molecule has 1 N–H and O–H groups in total. The van der Waals surface area contributed by atoms with Crippen molar-refractivity contribution in [2.24, 2.45) is 5.41 Å². The molecule has 2 amide bonds. The van der Waals surface area contributed by atoms with Gasteiger partial charge in [0.2, 0.25) is 11.8 Å². The number of likely N-dealkylation sites (tertiary alicyclic amines) is 1. The van der Waals surface area contributed by atoms with E-state index in [2.05, 4.69) is 17.9 Å². The fraction of sp³-hybridized carbons (Fsp3) is 0.500. The molecule has 0 aromatic heterocycles. The SMILES string of the molecule is CNC(=O)C1(C)CCN(C(=O)C(S)Cc2ccccc2)C1. The molecule has 1 aromatic rings. The second-order valence-corrected chi connectivity index (χ2v) is 6.48. The van der Waals surface area contributed by atoms with Gasteiger partial charge in [0.25, 0.3) is 0 Å². The Morgan fingerprint density at radius 1 is 1.38 bits per heavy atom. The number of rotatable bonds is 4. The maximum Gasteiger partial charge on any atom is 0.235 e. The highest BCUT2D eigenvalue weighted by molar-refractivity contribution is 7.81. The maximum absolute atomic E-state index is 12.5. The van der Waals surface area contributed by atoms with Crippen molar-refractivity contribution >= 4 is 24.4 Å². The molecule has 0 bridgehead atoms. The van der Waals surface area contributed by atoms with Crippen LogP contribution >= 0.6 is 12.6 Å². The number of nitrogens with one attached hydrogen (secondary N) is 1. The first-order valence-corrected chi connectivity index (χ1v) is 7.71. The van der Waals surface area contributed by atoms with E-state index in [4.69, 9.17) is 0 Å². The summed E-state index contributed by atoms with van der Waals surface area (Å²) >= 11 is 4.45. The van der Waals surface area contributed by atoms with E-state index in [1.807, 2.05) is 37.3 Å². The summed E-state index contributed by atoms with van der Waals surface area (Å²) in [7, 11) is 1.63. The van der Waals surface area contributed by atoms with Crippen LogP contribution < -0.4 is 5.32 Å². The Balaban J connectivity index is 1.97.